The third-order valence-electron chi connectivity index (χ3n) is 2.92. The number of methoxy groups -OCH3 is 1. The van der Waals surface area contributed by atoms with Gasteiger partial charge in [-0.25, -0.2) is 0 Å². The predicted octanol–water partition coefficient (Wildman–Crippen LogP) is 3.62. The van der Waals surface area contributed by atoms with Gasteiger partial charge < -0.3 is 10.1 Å². The van der Waals surface area contributed by atoms with Crippen LogP contribution in [0.4, 0.5) is 0 Å². The number of benzene rings is 1. The van der Waals surface area contributed by atoms with E-state index >= 15 is 0 Å². The van der Waals surface area contributed by atoms with E-state index in [1.54, 1.807) is 7.11 Å². The van der Waals surface area contributed by atoms with Crippen LogP contribution in [-0.2, 0) is 4.79 Å². The summed E-state index contributed by atoms with van der Waals surface area (Å²) in [6.45, 7) is 10.2. The van der Waals surface area contributed by atoms with Crippen LogP contribution in [0.25, 0.3) is 0 Å². The molecule has 1 aromatic carbocycles. The first-order valence-electron chi connectivity index (χ1n) is 6.67. The first kappa shape index (κ1) is 15.5. The Morgan fingerprint density at radius 2 is 2.00 bits per heavy atom. The molecule has 0 saturated carbocycles. The number of aryl methyl sites for hydroxylation is 1. The lowest BCUT2D eigenvalue weighted by Gasteiger charge is -2.21. The molecule has 3 nitrogen and oxygen atoms in total. The molecule has 0 fully saturated rings. The summed E-state index contributed by atoms with van der Waals surface area (Å²) in [6.07, 6.45) is 0.519. The van der Waals surface area contributed by atoms with Crippen molar-refractivity contribution in [2.24, 2.45) is 5.41 Å². The largest absolute Gasteiger partial charge is 0.496 e. The summed E-state index contributed by atoms with van der Waals surface area (Å²) in [7, 11) is 1.65. The van der Waals surface area contributed by atoms with Crippen LogP contribution in [0, 0.1) is 12.3 Å². The van der Waals surface area contributed by atoms with Crippen LogP contribution in [0.3, 0.4) is 0 Å². The normalized spacial score (nSPS) is 12.9. The number of nitrogens with one attached hydrogen (secondary N) is 1. The summed E-state index contributed by atoms with van der Waals surface area (Å²) in [5.41, 5.74) is 2.18. The van der Waals surface area contributed by atoms with E-state index in [0.29, 0.717) is 6.42 Å². The van der Waals surface area contributed by atoms with Gasteiger partial charge in [0.2, 0.25) is 5.91 Å². The zero-order valence-electron chi connectivity index (χ0n) is 12.8. The van der Waals surface area contributed by atoms with Gasteiger partial charge in [0.05, 0.1) is 13.2 Å². The topological polar surface area (TPSA) is 38.3 Å². The van der Waals surface area contributed by atoms with Gasteiger partial charge in [0.1, 0.15) is 5.75 Å². The third-order valence-corrected chi connectivity index (χ3v) is 2.92. The number of hydrogen-bond donors (Lipinski definition) is 1. The molecule has 0 aliphatic heterocycles. The lowest BCUT2D eigenvalue weighted by molar-refractivity contribution is -0.123. The number of carbonyl (C=O) groups is 1. The van der Waals surface area contributed by atoms with E-state index in [2.05, 4.69) is 32.2 Å². The van der Waals surface area contributed by atoms with Gasteiger partial charge in [0.15, 0.2) is 0 Å². The lowest BCUT2D eigenvalue weighted by Crippen LogP contribution is -2.30. The SMILES string of the molecule is COc1ccc(C)cc1C(C)NC(=O)CC(C)(C)C. The molecule has 1 aromatic rings. The average molecular weight is 263 g/mol. The van der Waals surface area contributed by atoms with Gasteiger partial charge in [0.25, 0.3) is 0 Å². The Labute approximate surface area is 116 Å². The van der Waals surface area contributed by atoms with E-state index in [1.165, 1.54) is 0 Å². The molecule has 0 bridgehead atoms. The van der Waals surface area contributed by atoms with Crippen LogP contribution in [0.5, 0.6) is 5.75 Å². The highest BCUT2D eigenvalue weighted by Crippen LogP contribution is 2.26. The fourth-order valence-corrected chi connectivity index (χ4v) is 2.04. The molecule has 0 spiro atoms. The molecule has 0 heterocycles. The van der Waals surface area contributed by atoms with Crippen molar-refractivity contribution >= 4 is 5.91 Å². The maximum absolute atomic E-state index is 12.0. The van der Waals surface area contributed by atoms with Crippen molar-refractivity contribution in [2.75, 3.05) is 7.11 Å². The highest BCUT2D eigenvalue weighted by atomic mass is 16.5. The van der Waals surface area contributed by atoms with Crippen molar-refractivity contribution in [1.82, 2.24) is 5.32 Å². The van der Waals surface area contributed by atoms with E-state index in [-0.39, 0.29) is 17.4 Å². The fraction of sp³-hybridized carbons (Fsp3) is 0.562. The van der Waals surface area contributed by atoms with Crippen LogP contribution >= 0.6 is 0 Å². The Balaban J connectivity index is 2.80. The minimum Gasteiger partial charge on any atom is -0.496 e. The zero-order chi connectivity index (χ0) is 14.6. The van der Waals surface area contributed by atoms with E-state index in [4.69, 9.17) is 4.74 Å². The van der Waals surface area contributed by atoms with Crippen molar-refractivity contribution in [3.63, 3.8) is 0 Å². The van der Waals surface area contributed by atoms with Crippen LogP contribution in [0.2, 0.25) is 0 Å². The smallest absolute Gasteiger partial charge is 0.220 e. The molecule has 0 saturated heterocycles. The zero-order valence-corrected chi connectivity index (χ0v) is 12.8. The molecule has 1 atom stereocenters. The van der Waals surface area contributed by atoms with E-state index < -0.39 is 0 Å². The van der Waals surface area contributed by atoms with Crippen LogP contribution in [0.15, 0.2) is 18.2 Å². The molecule has 1 amide bonds. The quantitative estimate of drug-likeness (QED) is 0.901. The Hall–Kier alpha value is -1.51. The number of hydrogen-bond acceptors (Lipinski definition) is 2. The average Bonchev–Trinajstić information content (AvgIpc) is 2.26. The second kappa shape index (κ2) is 6.09. The van der Waals surface area contributed by atoms with Crippen molar-refractivity contribution in [3.8, 4) is 5.75 Å². The summed E-state index contributed by atoms with van der Waals surface area (Å²) in [4.78, 5) is 12.0. The second-order valence-electron chi connectivity index (χ2n) is 6.27. The Bertz CT molecular complexity index is 447. The summed E-state index contributed by atoms with van der Waals surface area (Å²) in [5.74, 6) is 0.887. The molecule has 0 aliphatic carbocycles. The van der Waals surface area contributed by atoms with Gasteiger partial charge in [-0.2, -0.15) is 0 Å². The van der Waals surface area contributed by atoms with Gasteiger partial charge in [-0.05, 0) is 25.3 Å². The Morgan fingerprint density at radius 1 is 1.37 bits per heavy atom. The van der Waals surface area contributed by atoms with E-state index in [1.807, 2.05) is 26.0 Å². The minimum atomic E-state index is -0.0512. The highest BCUT2D eigenvalue weighted by molar-refractivity contribution is 5.77. The second-order valence-corrected chi connectivity index (χ2v) is 6.27. The molecule has 0 aromatic heterocycles. The van der Waals surface area contributed by atoms with Crippen molar-refractivity contribution < 1.29 is 9.53 Å². The first-order chi connectivity index (χ1) is 8.73. The number of ether oxygens (including phenoxy) is 1. The highest BCUT2D eigenvalue weighted by Gasteiger charge is 2.19. The summed E-state index contributed by atoms with van der Waals surface area (Å²) < 4.78 is 5.35. The van der Waals surface area contributed by atoms with Gasteiger partial charge in [0, 0.05) is 12.0 Å². The lowest BCUT2D eigenvalue weighted by atomic mass is 9.91. The van der Waals surface area contributed by atoms with Gasteiger partial charge in [-0.1, -0.05) is 38.5 Å². The summed E-state index contributed by atoms with van der Waals surface area (Å²) in [5, 5.41) is 3.04. The molecule has 1 rings (SSSR count). The van der Waals surface area contributed by atoms with Crippen LogP contribution < -0.4 is 10.1 Å². The number of rotatable bonds is 4. The van der Waals surface area contributed by atoms with Gasteiger partial charge >= 0.3 is 0 Å². The van der Waals surface area contributed by atoms with Crippen molar-refractivity contribution in [2.45, 2.75) is 47.1 Å². The number of amides is 1. The predicted molar refractivity (Wildman–Crippen MR) is 78.4 cm³/mol. The van der Waals surface area contributed by atoms with E-state index in [0.717, 1.165) is 16.9 Å². The number of carbonyl (C=O) groups excluding carboxylic acids is 1. The van der Waals surface area contributed by atoms with E-state index in [9.17, 15) is 4.79 Å². The maximum Gasteiger partial charge on any atom is 0.220 e. The maximum atomic E-state index is 12.0. The molecule has 1 N–H and O–H groups in total. The fourth-order valence-electron chi connectivity index (χ4n) is 2.04. The Morgan fingerprint density at radius 3 is 2.53 bits per heavy atom. The molecule has 19 heavy (non-hydrogen) atoms. The van der Waals surface area contributed by atoms with Crippen LogP contribution in [-0.4, -0.2) is 13.0 Å². The monoisotopic (exact) mass is 263 g/mol. The molecule has 3 heteroatoms. The van der Waals surface area contributed by atoms with Crippen molar-refractivity contribution in [1.29, 1.82) is 0 Å². The van der Waals surface area contributed by atoms with Gasteiger partial charge in [-0.3, -0.25) is 4.79 Å². The minimum absolute atomic E-state index is 0.000490. The molecule has 0 radical (unpaired) electrons. The molecule has 0 aliphatic rings. The van der Waals surface area contributed by atoms with Crippen LogP contribution in [0.1, 0.15) is 51.3 Å². The Kier molecular flexibility index (Phi) is 4.98. The molecule has 106 valence electrons. The van der Waals surface area contributed by atoms with Gasteiger partial charge in [-0.15, -0.1) is 0 Å². The molecular formula is C16H25NO2. The molecular weight excluding hydrogens is 238 g/mol. The summed E-state index contributed by atoms with van der Waals surface area (Å²) >= 11 is 0. The molecule has 1 unspecified atom stereocenters. The summed E-state index contributed by atoms with van der Waals surface area (Å²) in [6, 6.07) is 5.95. The first-order valence-corrected chi connectivity index (χ1v) is 6.67. The standard InChI is InChI=1S/C16H25NO2/c1-11-7-8-14(19-6)13(9-11)12(2)17-15(18)10-16(3,4)5/h7-9,12H,10H2,1-6H3,(H,17,18). The third kappa shape index (κ3) is 4.93. The van der Waals surface area contributed by atoms with Crippen molar-refractivity contribution in [3.05, 3.63) is 29.3 Å².